The summed E-state index contributed by atoms with van der Waals surface area (Å²) in [5.41, 5.74) is 0.487. The third kappa shape index (κ3) is 4.60. The number of hydrogen-bond acceptors (Lipinski definition) is 4. The molecule has 0 aliphatic heterocycles. The van der Waals surface area contributed by atoms with Gasteiger partial charge in [0.15, 0.2) is 5.16 Å². The smallest absolute Gasteiger partial charge is 0.262 e. The average Bonchev–Trinajstić information content (AvgIpc) is 2.59. The lowest BCUT2D eigenvalue weighted by molar-refractivity contribution is -0.129. The van der Waals surface area contributed by atoms with Gasteiger partial charge in [0, 0.05) is 24.7 Å². The first-order valence-electron chi connectivity index (χ1n) is 8.93. The number of thioether (sulfide) groups is 1. The van der Waals surface area contributed by atoms with E-state index in [2.05, 4.69) is 4.98 Å². The maximum atomic E-state index is 13.0. The Morgan fingerprint density at radius 2 is 1.92 bits per heavy atom. The quantitative estimate of drug-likeness (QED) is 0.524. The summed E-state index contributed by atoms with van der Waals surface area (Å²) < 4.78 is 1.67. The fourth-order valence-corrected chi connectivity index (χ4v) is 3.96. The molecule has 1 aromatic heterocycles. The largest absolute Gasteiger partial charge is 0.342 e. The fourth-order valence-electron chi connectivity index (χ4n) is 2.79. The van der Waals surface area contributed by atoms with E-state index in [1.807, 2.05) is 34.6 Å². The predicted octanol–water partition coefficient (Wildman–Crippen LogP) is 4.05. The maximum Gasteiger partial charge on any atom is 0.262 e. The first-order chi connectivity index (χ1) is 12.3. The van der Waals surface area contributed by atoms with E-state index in [1.54, 1.807) is 27.7 Å². The number of halogens is 1. The summed E-state index contributed by atoms with van der Waals surface area (Å²) >= 11 is 7.39. The van der Waals surface area contributed by atoms with Crippen molar-refractivity contribution in [3.63, 3.8) is 0 Å². The molecule has 0 saturated heterocycles. The molecule has 7 heteroatoms. The van der Waals surface area contributed by atoms with Gasteiger partial charge in [0.2, 0.25) is 5.91 Å². The third-order valence-corrected chi connectivity index (χ3v) is 5.45. The Kier molecular flexibility index (Phi) is 7.12. The van der Waals surface area contributed by atoms with Crippen molar-refractivity contribution >= 4 is 40.2 Å². The summed E-state index contributed by atoms with van der Waals surface area (Å²) in [4.78, 5) is 32.1. The second-order valence-electron chi connectivity index (χ2n) is 6.64. The summed E-state index contributed by atoms with van der Waals surface area (Å²) in [5, 5.41) is 1.28. The highest BCUT2D eigenvalue weighted by Gasteiger charge is 2.22. The predicted molar refractivity (Wildman–Crippen MR) is 109 cm³/mol. The van der Waals surface area contributed by atoms with Crippen LogP contribution in [0.25, 0.3) is 10.9 Å². The molecule has 0 aliphatic carbocycles. The van der Waals surface area contributed by atoms with E-state index in [0.717, 1.165) is 0 Å². The molecule has 0 aliphatic rings. The minimum Gasteiger partial charge on any atom is -0.342 e. The molecule has 26 heavy (non-hydrogen) atoms. The first kappa shape index (κ1) is 20.8. The number of rotatable bonds is 7. The zero-order valence-electron chi connectivity index (χ0n) is 16.0. The second-order valence-corrected chi connectivity index (χ2v) is 8.38. The zero-order chi connectivity index (χ0) is 19.4. The van der Waals surface area contributed by atoms with Crippen LogP contribution in [0.15, 0.2) is 28.2 Å². The van der Waals surface area contributed by atoms with Crippen LogP contribution in [0.3, 0.4) is 0 Å². The van der Waals surface area contributed by atoms with Gasteiger partial charge >= 0.3 is 0 Å². The van der Waals surface area contributed by atoms with E-state index < -0.39 is 0 Å². The molecule has 0 radical (unpaired) electrons. The van der Waals surface area contributed by atoms with Crippen molar-refractivity contribution in [2.24, 2.45) is 5.92 Å². The average molecular weight is 396 g/mol. The van der Waals surface area contributed by atoms with Crippen molar-refractivity contribution in [2.45, 2.75) is 51.6 Å². The van der Waals surface area contributed by atoms with Gasteiger partial charge in [0.25, 0.3) is 5.56 Å². The van der Waals surface area contributed by atoms with Gasteiger partial charge in [-0.25, -0.2) is 4.98 Å². The van der Waals surface area contributed by atoms with Crippen LogP contribution in [-0.2, 0) is 11.3 Å². The summed E-state index contributed by atoms with van der Waals surface area (Å²) in [7, 11) is 0. The van der Waals surface area contributed by atoms with Crippen LogP contribution in [0, 0.1) is 5.92 Å². The summed E-state index contributed by atoms with van der Waals surface area (Å²) in [6.45, 7) is 11.8. The normalized spacial score (nSPS) is 12.6. The Hall–Kier alpha value is -1.53. The lowest BCUT2D eigenvalue weighted by Gasteiger charge is -2.23. The molecule has 0 saturated carbocycles. The summed E-state index contributed by atoms with van der Waals surface area (Å²) in [6, 6.07) is 5.13. The van der Waals surface area contributed by atoms with Gasteiger partial charge < -0.3 is 4.90 Å². The molecule has 1 heterocycles. The Bertz CT molecular complexity index is 847. The monoisotopic (exact) mass is 395 g/mol. The maximum absolute atomic E-state index is 13.0. The van der Waals surface area contributed by atoms with Crippen molar-refractivity contribution in [1.29, 1.82) is 0 Å². The highest BCUT2D eigenvalue weighted by atomic mass is 35.5. The Morgan fingerprint density at radius 1 is 1.27 bits per heavy atom. The molecule has 1 atom stereocenters. The van der Waals surface area contributed by atoms with Crippen LogP contribution in [0.5, 0.6) is 0 Å². The molecule has 1 amide bonds. The van der Waals surface area contributed by atoms with Gasteiger partial charge in [-0.05, 0) is 44.9 Å². The molecular weight excluding hydrogens is 370 g/mol. The molecule has 2 rings (SSSR count). The minimum atomic E-state index is -0.315. The number of aromatic nitrogens is 2. The topological polar surface area (TPSA) is 55.2 Å². The second kappa shape index (κ2) is 8.91. The van der Waals surface area contributed by atoms with E-state index in [-0.39, 0.29) is 22.6 Å². The van der Waals surface area contributed by atoms with E-state index in [0.29, 0.717) is 40.7 Å². The number of carbonyl (C=O) groups is 1. The van der Waals surface area contributed by atoms with Crippen LogP contribution >= 0.6 is 23.4 Å². The molecule has 0 fully saturated rings. The van der Waals surface area contributed by atoms with E-state index >= 15 is 0 Å². The molecule has 0 spiro atoms. The molecule has 1 unspecified atom stereocenters. The van der Waals surface area contributed by atoms with Crippen molar-refractivity contribution < 1.29 is 4.79 Å². The minimum absolute atomic E-state index is 0.0570. The number of fused-ring (bicyclic) bond motifs is 1. The summed E-state index contributed by atoms with van der Waals surface area (Å²) in [5.74, 6) is 0.334. The number of amides is 1. The highest BCUT2D eigenvalue weighted by molar-refractivity contribution is 8.00. The highest BCUT2D eigenvalue weighted by Crippen LogP contribution is 2.25. The van der Waals surface area contributed by atoms with Crippen LogP contribution < -0.4 is 5.56 Å². The molecule has 142 valence electrons. The first-order valence-corrected chi connectivity index (χ1v) is 10.2. The molecule has 0 N–H and O–H groups in total. The Morgan fingerprint density at radius 3 is 2.50 bits per heavy atom. The number of nitrogens with zero attached hydrogens (tertiary/aromatic N) is 3. The molecule has 5 nitrogen and oxygen atoms in total. The Labute approximate surface area is 163 Å². The molecule has 1 aromatic carbocycles. The number of hydrogen-bond donors (Lipinski definition) is 0. The number of benzene rings is 1. The van der Waals surface area contributed by atoms with Crippen LogP contribution in [0.2, 0.25) is 5.02 Å². The lowest BCUT2D eigenvalue weighted by atomic mass is 10.2. The van der Waals surface area contributed by atoms with E-state index in [9.17, 15) is 9.59 Å². The molecule has 2 aromatic rings. The van der Waals surface area contributed by atoms with Gasteiger partial charge in [-0.15, -0.1) is 0 Å². The van der Waals surface area contributed by atoms with Gasteiger partial charge in [-0.2, -0.15) is 0 Å². The van der Waals surface area contributed by atoms with Crippen molar-refractivity contribution in [2.75, 3.05) is 13.1 Å². The van der Waals surface area contributed by atoms with Gasteiger partial charge in [-0.1, -0.05) is 37.2 Å². The molecular formula is C19H26ClN3O2S. The summed E-state index contributed by atoms with van der Waals surface area (Å²) in [6.07, 6.45) is 0. The Balaban J connectivity index is 2.49. The van der Waals surface area contributed by atoms with Crippen LogP contribution in [0.1, 0.15) is 34.6 Å². The van der Waals surface area contributed by atoms with Crippen LogP contribution in [-0.4, -0.2) is 38.7 Å². The van der Waals surface area contributed by atoms with Crippen molar-refractivity contribution in [1.82, 2.24) is 14.5 Å². The van der Waals surface area contributed by atoms with Crippen molar-refractivity contribution in [3.8, 4) is 0 Å². The van der Waals surface area contributed by atoms with E-state index in [4.69, 9.17) is 11.6 Å². The molecule has 0 bridgehead atoms. The lowest BCUT2D eigenvalue weighted by Crippen LogP contribution is -2.36. The van der Waals surface area contributed by atoms with E-state index in [1.165, 1.54) is 11.8 Å². The standard InChI is InChI=1S/C19H26ClN3O2S/c1-6-22(7-2)17(24)13(5)26-19-21-16-9-8-14(20)10-15(16)18(25)23(19)11-12(3)4/h8-10,12-13H,6-7,11H2,1-5H3. The third-order valence-electron chi connectivity index (χ3n) is 4.13. The zero-order valence-corrected chi connectivity index (χ0v) is 17.5. The van der Waals surface area contributed by atoms with Crippen molar-refractivity contribution in [3.05, 3.63) is 33.6 Å². The van der Waals surface area contributed by atoms with Crippen LogP contribution in [0.4, 0.5) is 0 Å². The number of carbonyl (C=O) groups excluding carboxylic acids is 1. The van der Waals surface area contributed by atoms with Gasteiger partial charge in [-0.3, -0.25) is 14.2 Å². The van der Waals surface area contributed by atoms with Gasteiger partial charge in [0.1, 0.15) is 0 Å². The van der Waals surface area contributed by atoms with Gasteiger partial charge in [0.05, 0.1) is 16.2 Å². The fraction of sp³-hybridized carbons (Fsp3) is 0.526. The SMILES string of the molecule is CCN(CC)C(=O)C(C)Sc1nc2ccc(Cl)cc2c(=O)n1CC(C)C.